The number of H-pyrrole nitrogens is 1. The highest BCUT2D eigenvalue weighted by Gasteiger charge is 2.17. The van der Waals surface area contributed by atoms with Crippen molar-refractivity contribution in [3.05, 3.63) is 35.5 Å². The number of aryl methyl sites for hydroxylation is 1. The molecule has 166 valence electrons. The molecule has 3 rings (SSSR count). The van der Waals surface area contributed by atoms with Gasteiger partial charge in [-0.15, -0.1) is 0 Å². The van der Waals surface area contributed by atoms with E-state index in [1.54, 1.807) is 7.05 Å². The van der Waals surface area contributed by atoms with Gasteiger partial charge in [-0.05, 0) is 49.8 Å². The monoisotopic (exact) mass is 435 g/mol. The van der Waals surface area contributed by atoms with Crippen molar-refractivity contribution in [3.63, 3.8) is 0 Å². The van der Waals surface area contributed by atoms with E-state index in [0.29, 0.717) is 25.7 Å². The molecule has 0 saturated carbocycles. The van der Waals surface area contributed by atoms with E-state index < -0.39 is 10.0 Å². The molecule has 0 spiro atoms. The Bertz CT molecular complexity index is 949. The summed E-state index contributed by atoms with van der Waals surface area (Å²) >= 11 is 0. The summed E-state index contributed by atoms with van der Waals surface area (Å²) in [4.78, 5) is 7.49. The number of hydrogen-bond donors (Lipinski definition) is 4. The van der Waals surface area contributed by atoms with Crippen LogP contribution in [-0.4, -0.2) is 64.5 Å². The van der Waals surface area contributed by atoms with Crippen LogP contribution < -0.4 is 15.4 Å². The molecule has 0 amide bonds. The molecule has 30 heavy (non-hydrogen) atoms. The number of aliphatic imine (C=N–C) groups is 1. The van der Waals surface area contributed by atoms with Crippen molar-refractivity contribution in [2.45, 2.75) is 38.7 Å². The molecular formula is C21H33N5O3S. The number of rotatable bonds is 9. The number of fused-ring (bicyclic) bond motifs is 1. The smallest absolute Gasteiger partial charge is 0.213 e. The molecule has 0 aliphatic carbocycles. The maximum atomic E-state index is 12.2. The first kappa shape index (κ1) is 22.6. The van der Waals surface area contributed by atoms with Gasteiger partial charge in [0.1, 0.15) is 0 Å². The Morgan fingerprint density at radius 3 is 2.87 bits per heavy atom. The van der Waals surface area contributed by atoms with Crippen LogP contribution in [0.5, 0.6) is 0 Å². The fraction of sp³-hybridized carbons (Fsp3) is 0.571. The summed E-state index contributed by atoms with van der Waals surface area (Å²) in [5.74, 6) is 0.583. The summed E-state index contributed by atoms with van der Waals surface area (Å²) in [6.45, 7) is 4.16. The molecule has 1 unspecified atom stereocenters. The normalized spacial score (nSPS) is 17.9. The van der Waals surface area contributed by atoms with E-state index >= 15 is 0 Å². The molecule has 1 aliphatic rings. The van der Waals surface area contributed by atoms with Crippen LogP contribution in [0.15, 0.2) is 29.4 Å². The summed E-state index contributed by atoms with van der Waals surface area (Å²) in [6.07, 6.45) is 5.93. The second-order valence-corrected chi connectivity index (χ2v) is 9.57. The van der Waals surface area contributed by atoms with Gasteiger partial charge in [-0.1, -0.05) is 12.1 Å². The van der Waals surface area contributed by atoms with Crippen molar-refractivity contribution in [1.29, 1.82) is 0 Å². The van der Waals surface area contributed by atoms with Crippen molar-refractivity contribution >= 4 is 26.9 Å². The average molecular weight is 436 g/mol. The lowest BCUT2D eigenvalue weighted by Gasteiger charge is -2.22. The highest BCUT2D eigenvalue weighted by Crippen LogP contribution is 2.22. The van der Waals surface area contributed by atoms with E-state index in [1.165, 1.54) is 16.5 Å². The van der Waals surface area contributed by atoms with Gasteiger partial charge in [-0.25, -0.2) is 13.1 Å². The van der Waals surface area contributed by atoms with E-state index in [0.717, 1.165) is 31.2 Å². The Morgan fingerprint density at radius 2 is 2.10 bits per heavy atom. The predicted octanol–water partition coefficient (Wildman–Crippen LogP) is 1.67. The average Bonchev–Trinajstić information content (AvgIpc) is 3.16. The summed E-state index contributed by atoms with van der Waals surface area (Å²) < 4.78 is 32.6. The molecular weight excluding hydrogens is 402 g/mol. The Labute approximate surface area is 178 Å². The van der Waals surface area contributed by atoms with Gasteiger partial charge in [0.25, 0.3) is 0 Å². The van der Waals surface area contributed by atoms with Crippen molar-refractivity contribution in [2.24, 2.45) is 4.99 Å². The topological polar surface area (TPSA) is 108 Å². The molecule has 1 atom stereocenters. The molecule has 1 aromatic carbocycles. The number of hydrogen-bond acceptors (Lipinski definition) is 4. The summed E-state index contributed by atoms with van der Waals surface area (Å²) in [6, 6.07) is 6.24. The zero-order chi connectivity index (χ0) is 21.4. The second-order valence-electron chi connectivity index (χ2n) is 7.64. The van der Waals surface area contributed by atoms with Gasteiger partial charge < -0.3 is 20.4 Å². The van der Waals surface area contributed by atoms with E-state index in [-0.39, 0.29) is 18.4 Å². The van der Waals surface area contributed by atoms with Gasteiger partial charge in [-0.2, -0.15) is 0 Å². The molecule has 1 aliphatic heterocycles. The maximum Gasteiger partial charge on any atom is 0.213 e. The molecule has 1 saturated heterocycles. The van der Waals surface area contributed by atoms with Gasteiger partial charge in [-0.3, -0.25) is 4.99 Å². The number of nitrogens with zero attached hydrogens (tertiary/aromatic N) is 1. The molecule has 2 aromatic rings. The SMILES string of the molecule is CN=C(NCCc1c[nH]c2cccc(C)c12)NCCS(=O)(=O)NCC1CCCCO1. The van der Waals surface area contributed by atoms with Crippen molar-refractivity contribution in [2.75, 3.05) is 39.0 Å². The molecule has 1 aromatic heterocycles. The highest BCUT2D eigenvalue weighted by atomic mass is 32.2. The third-order valence-corrected chi connectivity index (χ3v) is 6.72. The molecule has 4 N–H and O–H groups in total. The lowest BCUT2D eigenvalue weighted by molar-refractivity contribution is 0.0200. The van der Waals surface area contributed by atoms with E-state index in [9.17, 15) is 8.42 Å². The highest BCUT2D eigenvalue weighted by molar-refractivity contribution is 7.89. The molecule has 2 heterocycles. The molecule has 1 fully saturated rings. The molecule has 0 radical (unpaired) electrons. The fourth-order valence-corrected chi connectivity index (χ4v) is 4.70. The first-order valence-electron chi connectivity index (χ1n) is 10.6. The van der Waals surface area contributed by atoms with Gasteiger partial charge in [0.15, 0.2) is 5.96 Å². The third-order valence-electron chi connectivity index (χ3n) is 5.37. The second kappa shape index (κ2) is 10.8. The summed E-state index contributed by atoms with van der Waals surface area (Å²) in [5.41, 5.74) is 3.65. The van der Waals surface area contributed by atoms with Gasteiger partial charge in [0, 0.05) is 50.4 Å². The standard InChI is InChI=1S/C21H33N5O3S/c1-16-6-5-8-19-20(16)17(14-25-19)9-10-23-21(22-2)24-11-13-30(27,28)26-15-18-7-3-4-12-29-18/h5-6,8,14,18,25-26H,3-4,7,9-13,15H2,1-2H3,(H2,22,23,24). The summed E-state index contributed by atoms with van der Waals surface area (Å²) in [5, 5.41) is 7.59. The minimum atomic E-state index is -3.35. The van der Waals surface area contributed by atoms with Crippen molar-refractivity contribution in [1.82, 2.24) is 20.3 Å². The molecule has 9 heteroatoms. The number of sulfonamides is 1. The van der Waals surface area contributed by atoms with Gasteiger partial charge in [0.05, 0.1) is 11.9 Å². The van der Waals surface area contributed by atoms with Crippen LogP contribution in [0.2, 0.25) is 0 Å². The predicted molar refractivity (Wildman–Crippen MR) is 121 cm³/mol. The summed E-state index contributed by atoms with van der Waals surface area (Å²) in [7, 11) is -1.67. The Hall–Kier alpha value is -2.10. The third kappa shape index (κ3) is 6.45. The number of ether oxygens (including phenoxy) is 1. The lowest BCUT2D eigenvalue weighted by atomic mass is 10.1. The zero-order valence-corrected chi connectivity index (χ0v) is 18.6. The lowest BCUT2D eigenvalue weighted by Crippen LogP contribution is -2.43. The van der Waals surface area contributed by atoms with Gasteiger partial charge >= 0.3 is 0 Å². The van der Waals surface area contributed by atoms with Crippen LogP contribution in [0.3, 0.4) is 0 Å². The Balaban J connectivity index is 1.39. The van der Waals surface area contributed by atoms with Crippen LogP contribution in [0, 0.1) is 6.92 Å². The van der Waals surface area contributed by atoms with Crippen molar-refractivity contribution in [3.8, 4) is 0 Å². The minimum Gasteiger partial charge on any atom is -0.377 e. The quantitative estimate of drug-likeness (QED) is 0.354. The largest absolute Gasteiger partial charge is 0.377 e. The first-order chi connectivity index (χ1) is 14.5. The van der Waals surface area contributed by atoms with E-state index in [2.05, 4.69) is 44.4 Å². The number of aromatic nitrogens is 1. The Kier molecular flexibility index (Phi) is 8.12. The number of aromatic amines is 1. The van der Waals surface area contributed by atoms with Crippen LogP contribution in [0.1, 0.15) is 30.4 Å². The first-order valence-corrected chi connectivity index (χ1v) is 12.2. The van der Waals surface area contributed by atoms with Crippen LogP contribution >= 0.6 is 0 Å². The number of benzene rings is 1. The van der Waals surface area contributed by atoms with Crippen molar-refractivity contribution < 1.29 is 13.2 Å². The Morgan fingerprint density at radius 1 is 1.27 bits per heavy atom. The molecule has 8 nitrogen and oxygen atoms in total. The fourth-order valence-electron chi connectivity index (χ4n) is 3.75. The van der Waals surface area contributed by atoms with E-state index in [1.807, 2.05) is 12.3 Å². The minimum absolute atomic E-state index is 0.0101. The van der Waals surface area contributed by atoms with Crippen LogP contribution in [-0.2, 0) is 21.2 Å². The van der Waals surface area contributed by atoms with Crippen LogP contribution in [0.25, 0.3) is 10.9 Å². The molecule has 0 bridgehead atoms. The number of guanidine groups is 1. The number of nitrogens with one attached hydrogen (secondary N) is 4. The van der Waals surface area contributed by atoms with Crippen LogP contribution in [0.4, 0.5) is 0 Å². The maximum absolute atomic E-state index is 12.2. The zero-order valence-electron chi connectivity index (χ0n) is 17.8. The van der Waals surface area contributed by atoms with Gasteiger partial charge in [0.2, 0.25) is 10.0 Å². The van der Waals surface area contributed by atoms with E-state index in [4.69, 9.17) is 4.74 Å².